The summed E-state index contributed by atoms with van der Waals surface area (Å²) in [6, 6.07) is 13.6. The predicted octanol–water partition coefficient (Wildman–Crippen LogP) is 4.01. The Balaban J connectivity index is 1.75. The first-order chi connectivity index (χ1) is 15.6. The fourth-order valence-corrected chi connectivity index (χ4v) is 4.18. The number of ketones is 1. The number of nitrogens with zero attached hydrogens (tertiary/aromatic N) is 1. The minimum Gasteiger partial charge on any atom is -0.497 e. The molecule has 0 spiro atoms. The number of sulfonamides is 1. The third kappa shape index (κ3) is 6.46. The zero-order valence-electron chi connectivity index (χ0n) is 18.6. The Morgan fingerprint density at radius 3 is 2.42 bits per heavy atom. The molecule has 0 aliphatic heterocycles. The third-order valence-electron chi connectivity index (χ3n) is 5.06. The Morgan fingerprint density at radius 1 is 1.09 bits per heavy atom. The summed E-state index contributed by atoms with van der Waals surface area (Å²) in [5, 5.41) is 0.339. The van der Waals surface area contributed by atoms with E-state index in [-0.39, 0.29) is 11.3 Å². The van der Waals surface area contributed by atoms with Crippen LogP contribution >= 0.6 is 11.6 Å². The van der Waals surface area contributed by atoms with Crippen molar-refractivity contribution in [2.75, 3.05) is 13.4 Å². The Hall–Kier alpha value is -3.10. The molecule has 0 aliphatic carbocycles. The summed E-state index contributed by atoms with van der Waals surface area (Å²) < 4.78 is 31.9. The molecule has 33 heavy (non-hydrogen) atoms. The highest BCUT2D eigenvalue weighted by atomic mass is 35.5. The Kier molecular flexibility index (Phi) is 7.61. The summed E-state index contributed by atoms with van der Waals surface area (Å²) in [6.45, 7) is 2.47. The fourth-order valence-electron chi connectivity index (χ4n) is 3.56. The van der Waals surface area contributed by atoms with Gasteiger partial charge in [-0.25, -0.2) is 13.1 Å². The van der Waals surface area contributed by atoms with Crippen LogP contribution in [0.4, 0.5) is 0 Å². The molecule has 9 heteroatoms. The van der Waals surface area contributed by atoms with Gasteiger partial charge in [0.15, 0.2) is 0 Å². The summed E-state index contributed by atoms with van der Waals surface area (Å²) in [6.07, 6.45) is 3.95. The van der Waals surface area contributed by atoms with Gasteiger partial charge in [0.2, 0.25) is 15.8 Å². The van der Waals surface area contributed by atoms with Crippen LogP contribution in [-0.4, -0.2) is 38.0 Å². The van der Waals surface area contributed by atoms with Gasteiger partial charge in [0.1, 0.15) is 5.75 Å². The molecule has 1 amide bonds. The van der Waals surface area contributed by atoms with Crippen LogP contribution in [0.1, 0.15) is 44.0 Å². The van der Waals surface area contributed by atoms with E-state index in [2.05, 4.69) is 0 Å². The first-order valence-corrected chi connectivity index (χ1v) is 12.5. The molecule has 174 valence electrons. The first-order valence-electron chi connectivity index (χ1n) is 10.2. The first kappa shape index (κ1) is 24.5. The second-order valence-electron chi connectivity index (χ2n) is 7.76. The molecule has 7 nitrogen and oxygen atoms in total. The summed E-state index contributed by atoms with van der Waals surface area (Å²) in [4.78, 5) is 25.4. The Labute approximate surface area is 198 Å². The lowest BCUT2D eigenvalue weighted by atomic mass is 10.0. The van der Waals surface area contributed by atoms with Gasteiger partial charge in [-0.15, -0.1) is 0 Å². The van der Waals surface area contributed by atoms with Gasteiger partial charge in [-0.1, -0.05) is 17.7 Å². The number of hydrogen-bond donors (Lipinski definition) is 1. The van der Waals surface area contributed by atoms with Gasteiger partial charge in [-0.3, -0.25) is 9.59 Å². The second kappa shape index (κ2) is 10.2. The van der Waals surface area contributed by atoms with Crippen molar-refractivity contribution in [1.82, 2.24) is 9.29 Å². The molecule has 0 aliphatic rings. The number of nitrogens with one attached hydrogen (secondary N) is 1. The van der Waals surface area contributed by atoms with Gasteiger partial charge in [-0.05, 0) is 73.4 Å². The van der Waals surface area contributed by atoms with Crippen molar-refractivity contribution in [3.05, 3.63) is 87.7 Å². The SMILES string of the molecule is COc1ccc(C(=O)c2cc(C)cn2CCCc2ccc(Cl)cc2C(=O)NS(C)(=O)=O)cc1. The van der Waals surface area contributed by atoms with Gasteiger partial charge < -0.3 is 9.30 Å². The Morgan fingerprint density at radius 2 is 1.79 bits per heavy atom. The van der Waals surface area contributed by atoms with Gasteiger partial charge in [0, 0.05) is 28.9 Å². The molecule has 1 aromatic heterocycles. The van der Waals surface area contributed by atoms with Crippen molar-refractivity contribution >= 4 is 33.3 Å². The zero-order valence-corrected chi connectivity index (χ0v) is 20.2. The van der Waals surface area contributed by atoms with E-state index in [0.717, 1.165) is 11.8 Å². The molecular weight excluding hydrogens is 464 g/mol. The number of methoxy groups -OCH3 is 1. The summed E-state index contributed by atoms with van der Waals surface area (Å²) in [5.41, 5.74) is 2.99. The van der Waals surface area contributed by atoms with Crippen molar-refractivity contribution in [1.29, 1.82) is 0 Å². The van der Waals surface area contributed by atoms with Crippen LogP contribution < -0.4 is 9.46 Å². The fraction of sp³-hybridized carbons (Fsp3) is 0.250. The number of halogens is 1. The van der Waals surface area contributed by atoms with E-state index in [9.17, 15) is 18.0 Å². The standard InChI is InChI=1S/C24H25ClN2O5S/c1-16-13-22(23(28)18-7-10-20(32-2)11-8-18)27(15-16)12-4-5-17-6-9-19(25)14-21(17)24(29)26-33(3,30)31/h6-11,13-15H,4-5,12H2,1-3H3,(H,26,29). The predicted molar refractivity (Wildman–Crippen MR) is 128 cm³/mol. The number of carbonyl (C=O) groups excluding carboxylic acids is 2. The van der Waals surface area contributed by atoms with Crippen LogP contribution in [0.2, 0.25) is 5.02 Å². The van der Waals surface area contributed by atoms with Crippen molar-refractivity contribution in [3.63, 3.8) is 0 Å². The summed E-state index contributed by atoms with van der Waals surface area (Å²) in [5.74, 6) is -0.135. The highest BCUT2D eigenvalue weighted by Crippen LogP contribution is 2.20. The minimum atomic E-state index is -3.70. The average Bonchev–Trinajstić information content (AvgIpc) is 3.13. The van der Waals surface area contributed by atoms with Crippen LogP contribution in [0.5, 0.6) is 5.75 Å². The lowest BCUT2D eigenvalue weighted by Gasteiger charge is -2.12. The molecule has 0 fully saturated rings. The second-order valence-corrected chi connectivity index (χ2v) is 9.95. The van der Waals surface area contributed by atoms with Crippen LogP contribution in [0.3, 0.4) is 0 Å². The molecule has 0 saturated carbocycles. The largest absolute Gasteiger partial charge is 0.497 e. The monoisotopic (exact) mass is 488 g/mol. The maximum atomic E-state index is 13.0. The van der Waals surface area contributed by atoms with Gasteiger partial charge in [0.05, 0.1) is 19.1 Å². The van der Waals surface area contributed by atoms with Crippen molar-refractivity contribution in [2.45, 2.75) is 26.3 Å². The summed E-state index contributed by atoms with van der Waals surface area (Å²) >= 11 is 6.02. The van der Waals surface area contributed by atoms with Crippen molar-refractivity contribution < 1.29 is 22.7 Å². The van der Waals surface area contributed by atoms with Gasteiger partial charge in [-0.2, -0.15) is 0 Å². The van der Waals surface area contributed by atoms with Crippen molar-refractivity contribution in [3.8, 4) is 5.75 Å². The molecule has 3 rings (SSSR count). The normalized spacial score (nSPS) is 11.3. The molecule has 0 bridgehead atoms. The van der Waals surface area contributed by atoms with Crippen LogP contribution in [0.15, 0.2) is 54.7 Å². The molecule has 1 heterocycles. The van der Waals surface area contributed by atoms with E-state index in [1.165, 1.54) is 6.07 Å². The molecule has 0 atom stereocenters. The van der Waals surface area contributed by atoms with E-state index in [1.54, 1.807) is 43.5 Å². The quantitative estimate of drug-likeness (QED) is 0.459. The van der Waals surface area contributed by atoms with E-state index < -0.39 is 15.9 Å². The average molecular weight is 489 g/mol. The number of rotatable bonds is 9. The number of ether oxygens (including phenoxy) is 1. The number of aryl methyl sites for hydroxylation is 3. The summed E-state index contributed by atoms with van der Waals surface area (Å²) in [7, 11) is -2.13. The van der Waals surface area contributed by atoms with E-state index in [1.807, 2.05) is 28.5 Å². The number of carbonyl (C=O) groups is 2. The Bertz CT molecular complexity index is 1280. The van der Waals surface area contributed by atoms with E-state index >= 15 is 0 Å². The van der Waals surface area contributed by atoms with E-state index in [0.29, 0.717) is 47.0 Å². The maximum absolute atomic E-state index is 13.0. The molecular formula is C24H25ClN2O5S. The lowest BCUT2D eigenvalue weighted by Crippen LogP contribution is -2.30. The number of benzene rings is 2. The third-order valence-corrected chi connectivity index (χ3v) is 5.85. The lowest BCUT2D eigenvalue weighted by molar-refractivity contribution is 0.0979. The van der Waals surface area contributed by atoms with Gasteiger partial charge >= 0.3 is 0 Å². The molecule has 1 N–H and O–H groups in total. The van der Waals surface area contributed by atoms with Crippen LogP contribution in [0.25, 0.3) is 0 Å². The highest BCUT2D eigenvalue weighted by Gasteiger charge is 2.17. The highest BCUT2D eigenvalue weighted by molar-refractivity contribution is 7.89. The van der Waals surface area contributed by atoms with Crippen molar-refractivity contribution in [2.24, 2.45) is 0 Å². The molecule has 3 aromatic rings. The zero-order chi connectivity index (χ0) is 24.2. The van der Waals surface area contributed by atoms with Crippen LogP contribution in [-0.2, 0) is 23.0 Å². The molecule has 0 radical (unpaired) electrons. The van der Waals surface area contributed by atoms with Crippen LogP contribution in [0, 0.1) is 6.92 Å². The number of hydrogen-bond acceptors (Lipinski definition) is 5. The number of amides is 1. The molecule has 0 unspecified atom stereocenters. The number of aromatic nitrogens is 1. The molecule has 2 aromatic carbocycles. The topological polar surface area (TPSA) is 94.5 Å². The minimum absolute atomic E-state index is 0.0922. The maximum Gasteiger partial charge on any atom is 0.265 e. The smallest absolute Gasteiger partial charge is 0.265 e. The van der Waals surface area contributed by atoms with Gasteiger partial charge in [0.25, 0.3) is 5.91 Å². The molecule has 0 saturated heterocycles. The van der Waals surface area contributed by atoms with E-state index in [4.69, 9.17) is 16.3 Å².